The van der Waals surface area contributed by atoms with Crippen molar-refractivity contribution in [1.82, 2.24) is 4.90 Å². The average molecular weight is 221 g/mol. The van der Waals surface area contributed by atoms with Gasteiger partial charge in [0.1, 0.15) is 0 Å². The molecule has 0 unspecified atom stereocenters. The first kappa shape index (κ1) is 11.0. The summed E-state index contributed by atoms with van der Waals surface area (Å²) in [4.78, 5) is 1.45. The van der Waals surface area contributed by atoms with Crippen LogP contribution in [0.4, 0.5) is 13.2 Å². The lowest BCUT2D eigenvalue weighted by Gasteiger charge is -2.32. The van der Waals surface area contributed by atoms with Gasteiger partial charge in [0, 0.05) is 6.54 Å². The third kappa shape index (κ3) is 1.67. The molecule has 2 saturated heterocycles. The van der Waals surface area contributed by atoms with E-state index in [1.807, 2.05) is 0 Å². The predicted molar refractivity (Wildman–Crippen MR) is 49.3 cm³/mol. The van der Waals surface area contributed by atoms with Crippen molar-refractivity contribution < 1.29 is 17.9 Å². The van der Waals surface area contributed by atoms with Gasteiger partial charge in [-0.3, -0.25) is 4.90 Å². The second kappa shape index (κ2) is 3.49. The van der Waals surface area contributed by atoms with Crippen molar-refractivity contribution in [2.24, 2.45) is 0 Å². The summed E-state index contributed by atoms with van der Waals surface area (Å²) in [5.74, 6) is 0. The molecule has 0 aromatic heterocycles. The predicted octanol–water partition coefficient (Wildman–Crippen LogP) is 2.32. The van der Waals surface area contributed by atoms with Gasteiger partial charge in [-0.2, -0.15) is 13.2 Å². The third-order valence-corrected chi connectivity index (χ3v) is 3.25. The molecule has 0 aliphatic carbocycles. The quantitative estimate of drug-likeness (QED) is 0.663. The topological polar surface area (TPSA) is 12.5 Å². The molecule has 0 saturated carbocycles. The molecule has 2 atom stereocenters. The number of hydrogen-bond acceptors (Lipinski definition) is 2. The number of nitrogens with zero attached hydrogens (tertiary/aromatic N) is 1. The molecule has 2 heterocycles. The van der Waals surface area contributed by atoms with Crippen molar-refractivity contribution in [3.8, 4) is 0 Å². The minimum Gasteiger partial charge on any atom is -0.352 e. The van der Waals surface area contributed by atoms with Gasteiger partial charge in [0.25, 0.3) is 0 Å². The Kier molecular flexibility index (Phi) is 2.55. The molecule has 0 bridgehead atoms. The molecule has 0 aromatic carbocycles. The van der Waals surface area contributed by atoms with Gasteiger partial charge >= 0.3 is 6.18 Å². The average Bonchev–Trinajstić information content (AvgIpc) is 2.59. The molecule has 2 aliphatic rings. The van der Waals surface area contributed by atoms with Crippen LogP contribution in [0.25, 0.3) is 0 Å². The minimum absolute atomic E-state index is 0.170. The largest absolute Gasteiger partial charge is 0.428 e. The van der Waals surface area contributed by atoms with E-state index in [1.165, 1.54) is 4.90 Å². The number of ether oxygens (including phenoxy) is 1. The number of rotatable bonds is 2. The van der Waals surface area contributed by atoms with Gasteiger partial charge in [0.15, 0.2) is 0 Å². The zero-order chi connectivity index (χ0) is 11.1. The highest BCUT2D eigenvalue weighted by molar-refractivity contribution is 5.05. The SMILES string of the molecule is C=CC[C@@]12CCCN1[C@@H](C(F)(F)F)OC2. The number of alkyl halides is 3. The van der Waals surface area contributed by atoms with Gasteiger partial charge in [-0.15, -0.1) is 6.58 Å². The first-order chi connectivity index (χ1) is 6.99. The van der Waals surface area contributed by atoms with Gasteiger partial charge in [-0.1, -0.05) is 6.08 Å². The highest BCUT2D eigenvalue weighted by Gasteiger charge is 2.58. The molecule has 15 heavy (non-hydrogen) atoms. The molecule has 0 aromatic rings. The lowest BCUT2D eigenvalue weighted by atomic mass is 9.94. The molecular formula is C10H14F3NO. The van der Waals surface area contributed by atoms with Crippen LogP contribution >= 0.6 is 0 Å². The molecule has 0 radical (unpaired) electrons. The molecule has 0 N–H and O–H groups in total. The Morgan fingerprint density at radius 3 is 2.87 bits per heavy atom. The maximum absolute atomic E-state index is 12.6. The van der Waals surface area contributed by atoms with Crippen LogP contribution in [0.5, 0.6) is 0 Å². The highest BCUT2D eigenvalue weighted by atomic mass is 19.4. The van der Waals surface area contributed by atoms with E-state index in [2.05, 4.69) is 6.58 Å². The van der Waals surface area contributed by atoms with Crippen LogP contribution in [0.1, 0.15) is 19.3 Å². The maximum atomic E-state index is 12.6. The zero-order valence-electron chi connectivity index (χ0n) is 8.39. The van der Waals surface area contributed by atoms with Gasteiger partial charge in [-0.25, -0.2) is 0 Å². The van der Waals surface area contributed by atoms with Crippen molar-refractivity contribution in [3.63, 3.8) is 0 Å². The molecule has 86 valence electrons. The fraction of sp³-hybridized carbons (Fsp3) is 0.800. The summed E-state index contributed by atoms with van der Waals surface area (Å²) in [6, 6.07) is 0. The van der Waals surface area contributed by atoms with Crippen LogP contribution < -0.4 is 0 Å². The minimum atomic E-state index is -4.28. The normalized spacial score (nSPS) is 36.9. The first-order valence-electron chi connectivity index (χ1n) is 5.06. The summed E-state index contributed by atoms with van der Waals surface area (Å²) < 4.78 is 42.7. The smallest absolute Gasteiger partial charge is 0.352 e. The van der Waals surface area contributed by atoms with Crippen molar-refractivity contribution in [1.29, 1.82) is 0 Å². The van der Waals surface area contributed by atoms with Crippen molar-refractivity contribution in [2.45, 2.75) is 37.2 Å². The van der Waals surface area contributed by atoms with Crippen LogP contribution in [-0.2, 0) is 4.74 Å². The summed E-state index contributed by atoms with van der Waals surface area (Å²) in [6.07, 6.45) is -2.16. The molecule has 5 heteroatoms. The third-order valence-electron chi connectivity index (χ3n) is 3.25. The molecule has 2 fully saturated rings. The molecular weight excluding hydrogens is 207 g/mol. The first-order valence-corrected chi connectivity index (χ1v) is 5.06. The number of hydrogen-bond donors (Lipinski definition) is 0. The van der Waals surface area contributed by atoms with Gasteiger partial charge in [-0.05, 0) is 19.3 Å². The summed E-state index contributed by atoms with van der Waals surface area (Å²) in [6.45, 7) is 4.24. The van der Waals surface area contributed by atoms with E-state index in [1.54, 1.807) is 6.08 Å². The van der Waals surface area contributed by atoms with Crippen LogP contribution in [0.2, 0.25) is 0 Å². The Morgan fingerprint density at radius 2 is 2.27 bits per heavy atom. The van der Waals surface area contributed by atoms with Gasteiger partial charge in [0.2, 0.25) is 6.23 Å². The standard InChI is InChI=1S/C10H14F3NO/c1-2-4-9-5-3-6-14(9)8(15-7-9)10(11,12)13/h2,8H,1,3-7H2/t8-,9+/m1/s1. The fourth-order valence-electron chi connectivity index (χ4n) is 2.62. The highest BCUT2D eigenvalue weighted by Crippen LogP contribution is 2.44. The lowest BCUT2D eigenvalue weighted by molar-refractivity contribution is -0.240. The van der Waals surface area contributed by atoms with Gasteiger partial charge < -0.3 is 4.74 Å². The molecule has 0 amide bonds. The Labute approximate surface area is 86.7 Å². The van der Waals surface area contributed by atoms with Crippen LogP contribution in [0, 0.1) is 0 Å². The van der Waals surface area contributed by atoms with E-state index in [9.17, 15) is 13.2 Å². The van der Waals surface area contributed by atoms with Crippen molar-refractivity contribution in [3.05, 3.63) is 12.7 Å². The Morgan fingerprint density at radius 1 is 1.53 bits per heavy atom. The van der Waals surface area contributed by atoms with E-state index in [4.69, 9.17) is 4.74 Å². The van der Waals surface area contributed by atoms with Crippen LogP contribution in [-0.4, -0.2) is 36.0 Å². The number of halogens is 3. The summed E-state index contributed by atoms with van der Waals surface area (Å²) in [5.41, 5.74) is -0.443. The molecule has 2 rings (SSSR count). The Hall–Kier alpha value is -0.550. The summed E-state index contributed by atoms with van der Waals surface area (Å²) in [7, 11) is 0. The molecule has 2 nitrogen and oxygen atoms in total. The van der Waals surface area contributed by atoms with E-state index in [-0.39, 0.29) is 6.61 Å². The maximum Gasteiger partial charge on any atom is 0.428 e. The Bertz CT molecular complexity index is 266. The number of fused-ring (bicyclic) bond motifs is 1. The van der Waals surface area contributed by atoms with E-state index in [0.29, 0.717) is 13.0 Å². The van der Waals surface area contributed by atoms with Crippen molar-refractivity contribution in [2.75, 3.05) is 13.2 Å². The monoisotopic (exact) mass is 221 g/mol. The van der Waals surface area contributed by atoms with Gasteiger partial charge in [0.05, 0.1) is 12.1 Å². The zero-order valence-corrected chi connectivity index (χ0v) is 8.39. The Balaban J connectivity index is 2.20. The summed E-state index contributed by atoms with van der Waals surface area (Å²) >= 11 is 0. The van der Waals surface area contributed by atoms with E-state index >= 15 is 0 Å². The van der Waals surface area contributed by atoms with E-state index < -0.39 is 17.9 Å². The van der Waals surface area contributed by atoms with Crippen molar-refractivity contribution >= 4 is 0 Å². The fourth-order valence-corrected chi connectivity index (χ4v) is 2.62. The molecule has 0 spiro atoms. The lowest BCUT2D eigenvalue weighted by Crippen LogP contribution is -2.48. The molecule has 2 aliphatic heterocycles. The second-order valence-corrected chi connectivity index (χ2v) is 4.22. The second-order valence-electron chi connectivity index (χ2n) is 4.22. The van der Waals surface area contributed by atoms with E-state index in [0.717, 1.165) is 12.8 Å². The van der Waals surface area contributed by atoms with Crippen LogP contribution in [0.15, 0.2) is 12.7 Å². The summed E-state index contributed by atoms with van der Waals surface area (Å²) in [5, 5.41) is 0. The van der Waals surface area contributed by atoms with Crippen LogP contribution in [0.3, 0.4) is 0 Å².